The molecule has 0 saturated carbocycles. The van der Waals surface area contributed by atoms with Crippen molar-refractivity contribution >= 4 is 45.7 Å². The van der Waals surface area contributed by atoms with Gasteiger partial charge in [-0.15, -0.1) is 0 Å². The van der Waals surface area contributed by atoms with E-state index >= 15 is 0 Å². The summed E-state index contributed by atoms with van der Waals surface area (Å²) in [6.45, 7) is 1.75. The number of amides is 2. The maximum absolute atomic E-state index is 13.5. The molecule has 1 heterocycles. The summed E-state index contributed by atoms with van der Waals surface area (Å²) in [6.07, 6.45) is 0. The Morgan fingerprint density at radius 1 is 0.970 bits per heavy atom. The molecule has 1 aromatic heterocycles. The number of ether oxygens (including phenoxy) is 1. The van der Waals surface area contributed by atoms with E-state index in [0.717, 1.165) is 17.0 Å². The lowest BCUT2D eigenvalue weighted by Gasteiger charge is -2.14. The van der Waals surface area contributed by atoms with Gasteiger partial charge in [0.25, 0.3) is 11.8 Å². The fraction of sp³-hybridized carbons (Fsp3) is 0.0800. The van der Waals surface area contributed by atoms with Crippen LogP contribution < -0.4 is 15.4 Å². The molecule has 0 aliphatic heterocycles. The van der Waals surface area contributed by atoms with Gasteiger partial charge in [-0.3, -0.25) is 14.6 Å². The van der Waals surface area contributed by atoms with Crippen LogP contribution >= 0.6 is 11.6 Å². The molecule has 3 aromatic carbocycles. The number of nitrogens with one attached hydrogen (secondary N) is 2. The summed E-state index contributed by atoms with van der Waals surface area (Å²) in [6, 6.07) is 17.2. The first-order valence-corrected chi connectivity index (χ1v) is 10.3. The molecule has 4 aromatic rings. The van der Waals surface area contributed by atoms with E-state index in [-0.39, 0.29) is 11.5 Å². The van der Waals surface area contributed by atoms with Gasteiger partial charge in [-0.1, -0.05) is 17.7 Å². The second-order valence-corrected chi connectivity index (χ2v) is 7.73. The third kappa shape index (κ3) is 4.94. The van der Waals surface area contributed by atoms with E-state index in [9.17, 15) is 14.0 Å². The van der Waals surface area contributed by atoms with Crippen LogP contribution in [0, 0.1) is 12.7 Å². The zero-order valence-electron chi connectivity index (χ0n) is 17.8. The number of aromatic nitrogens is 1. The molecule has 0 bridgehead atoms. The Morgan fingerprint density at radius 2 is 1.79 bits per heavy atom. The summed E-state index contributed by atoms with van der Waals surface area (Å²) in [5.74, 6) is -1.01. The fourth-order valence-electron chi connectivity index (χ4n) is 3.38. The quantitative estimate of drug-likeness (QED) is 0.389. The Labute approximate surface area is 194 Å². The first kappa shape index (κ1) is 22.2. The molecule has 0 aliphatic rings. The van der Waals surface area contributed by atoms with Crippen molar-refractivity contribution in [1.82, 2.24) is 4.98 Å². The summed E-state index contributed by atoms with van der Waals surface area (Å²) < 4.78 is 18.8. The van der Waals surface area contributed by atoms with E-state index < -0.39 is 11.7 Å². The van der Waals surface area contributed by atoms with Crippen LogP contribution in [0.25, 0.3) is 10.9 Å². The number of hydrogen-bond acceptors (Lipinski definition) is 4. The molecule has 4 rings (SSSR count). The molecule has 33 heavy (non-hydrogen) atoms. The largest absolute Gasteiger partial charge is 0.495 e. The van der Waals surface area contributed by atoms with Gasteiger partial charge in [-0.2, -0.15) is 0 Å². The fourth-order valence-corrected chi connectivity index (χ4v) is 3.56. The Hall–Kier alpha value is -3.97. The SMILES string of the molecule is COc1ccc(NC(=O)c2cc3cc(Cl)ccc3nc2C)cc1NC(=O)c1cccc(F)c1. The number of benzene rings is 3. The second kappa shape index (κ2) is 9.26. The van der Waals surface area contributed by atoms with Crippen molar-refractivity contribution in [2.45, 2.75) is 6.92 Å². The molecule has 2 N–H and O–H groups in total. The molecule has 0 spiro atoms. The van der Waals surface area contributed by atoms with Crippen molar-refractivity contribution in [1.29, 1.82) is 0 Å². The van der Waals surface area contributed by atoms with E-state index in [0.29, 0.717) is 33.4 Å². The van der Waals surface area contributed by atoms with E-state index in [1.165, 1.54) is 25.3 Å². The number of rotatable bonds is 5. The van der Waals surface area contributed by atoms with E-state index in [2.05, 4.69) is 15.6 Å². The molecular formula is C25H19ClFN3O3. The standard InChI is InChI=1S/C25H19ClFN3O3/c1-14-20(12-16-10-17(26)6-8-21(16)28-14)25(32)29-19-7-9-23(33-2)22(13-19)30-24(31)15-4-3-5-18(27)11-15/h3-13H,1-2H3,(H,29,32)(H,30,31). The number of pyridine rings is 1. The van der Waals surface area contributed by atoms with Gasteiger partial charge in [0.2, 0.25) is 0 Å². The van der Waals surface area contributed by atoms with E-state index in [1.807, 2.05) is 0 Å². The molecule has 0 atom stereocenters. The van der Waals surface area contributed by atoms with Crippen molar-refractivity contribution in [2.75, 3.05) is 17.7 Å². The van der Waals surface area contributed by atoms with Gasteiger partial charge in [0.15, 0.2) is 0 Å². The number of methoxy groups -OCH3 is 1. The Bertz CT molecular complexity index is 1390. The Balaban J connectivity index is 1.60. The molecule has 166 valence electrons. The molecular weight excluding hydrogens is 445 g/mol. The Morgan fingerprint density at radius 3 is 2.55 bits per heavy atom. The minimum absolute atomic E-state index is 0.156. The minimum atomic E-state index is -0.517. The number of fused-ring (bicyclic) bond motifs is 1. The highest BCUT2D eigenvalue weighted by Crippen LogP contribution is 2.29. The van der Waals surface area contributed by atoms with Crippen molar-refractivity contribution in [3.63, 3.8) is 0 Å². The van der Waals surface area contributed by atoms with Gasteiger partial charge in [0, 0.05) is 21.7 Å². The molecule has 0 unspecified atom stereocenters. The molecule has 8 heteroatoms. The van der Waals surface area contributed by atoms with Crippen LogP contribution in [-0.4, -0.2) is 23.9 Å². The lowest BCUT2D eigenvalue weighted by atomic mass is 10.1. The highest BCUT2D eigenvalue weighted by Gasteiger charge is 2.15. The van der Waals surface area contributed by atoms with Crippen molar-refractivity contribution in [3.8, 4) is 5.75 Å². The smallest absolute Gasteiger partial charge is 0.257 e. The zero-order valence-corrected chi connectivity index (χ0v) is 18.5. The van der Waals surface area contributed by atoms with Crippen molar-refractivity contribution in [2.24, 2.45) is 0 Å². The molecule has 0 aliphatic carbocycles. The summed E-state index contributed by atoms with van der Waals surface area (Å²) >= 11 is 6.07. The molecule has 6 nitrogen and oxygen atoms in total. The maximum Gasteiger partial charge on any atom is 0.257 e. The minimum Gasteiger partial charge on any atom is -0.495 e. The first-order chi connectivity index (χ1) is 15.8. The van der Waals surface area contributed by atoms with E-state index in [4.69, 9.17) is 16.3 Å². The molecule has 0 saturated heterocycles. The number of hydrogen-bond donors (Lipinski definition) is 2. The van der Waals surface area contributed by atoms with Crippen LogP contribution in [0.4, 0.5) is 15.8 Å². The number of carbonyl (C=O) groups is 2. The normalized spacial score (nSPS) is 10.7. The molecule has 0 fully saturated rings. The van der Waals surface area contributed by atoms with Crippen LogP contribution in [0.5, 0.6) is 5.75 Å². The molecule has 2 amide bonds. The van der Waals surface area contributed by atoms with Crippen LogP contribution in [-0.2, 0) is 0 Å². The monoisotopic (exact) mass is 463 g/mol. The predicted molar refractivity (Wildman–Crippen MR) is 127 cm³/mol. The van der Waals surface area contributed by atoms with Crippen molar-refractivity contribution < 1.29 is 18.7 Å². The van der Waals surface area contributed by atoms with Gasteiger partial charge in [-0.25, -0.2) is 4.39 Å². The average Bonchev–Trinajstić information content (AvgIpc) is 2.79. The summed E-state index contributed by atoms with van der Waals surface area (Å²) in [7, 11) is 1.46. The Kier molecular flexibility index (Phi) is 6.24. The van der Waals surface area contributed by atoms with Gasteiger partial charge >= 0.3 is 0 Å². The third-order valence-electron chi connectivity index (χ3n) is 5.00. The van der Waals surface area contributed by atoms with Gasteiger partial charge in [-0.05, 0) is 67.6 Å². The summed E-state index contributed by atoms with van der Waals surface area (Å²) in [5.41, 5.74) is 2.61. The van der Waals surface area contributed by atoms with Crippen LogP contribution in [0.2, 0.25) is 5.02 Å². The van der Waals surface area contributed by atoms with Crippen LogP contribution in [0.1, 0.15) is 26.4 Å². The number of carbonyl (C=O) groups excluding carboxylic acids is 2. The average molecular weight is 464 g/mol. The topological polar surface area (TPSA) is 80.3 Å². The number of aryl methyl sites for hydroxylation is 1. The predicted octanol–water partition coefficient (Wildman–Crippen LogP) is 5.85. The first-order valence-electron chi connectivity index (χ1n) is 9.97. The second-order valence-electron chi connectivity index (χ2n) is 7.29. The van der Waals surface area contributed by atoms with Crippen LogP contribution in [0.15, 0.2) is 66.7 Å². The summed E-state index contributed by atoms with van der Waals surface area (Å²) in [4.78, 5) is 30.0. The van der Waals surface area contributed by atoms with Gasteiger partial charge in [0.05, 0.1) is 29.6 Å². The molecule has 0 radical (unpaired) electrons. The highest BCUT2D eigenvalue weighted by molar-refractivity contribution is 6.31. The van der Waals surface area contributed by atoms with Crippen molar-refractivity contribution in [3.05, 3.63) is 94.4 Å². The number of nitrogens with zero attached hydrogens (tertiary/aromatic N) is 1. The van der Waals surface area contributed by atoms with Gasteiger partial charge < -0.3 is 15.4 Å². The lowest BCUT2D eigenvalue weighted by molar-refractivity contribution is 0.101. The van der Waals surface area contributed by atoms with Gasteiger partial charge in [0.1, 0.15) is 11.6 Å². The maximum atomic E-state index is 13.5. The van der Waals surface area contributed by atoms with E-state index in [1.54, 1.807) is 49.4 Å². The van der Waals surface area contributed by atoms with Crippen LogP contribution in [0.3, 0.4) is 0 Å². The summed E-state index contributed by atoms with van der Waals surface area (Å²) in [5, 5.41) is 6.80. The third-order valence-corrected chi connectivity index (χ3v) is 5.24. The zero-order chi connectivity index (χ0) is 23.5. The lowest BCUT2D eigenvalue weighted by Crippen LogP contribution is -2.16. The number of halogens is 2. The number of anilines is 2. The highest BCUT2D eigenvalue weighted by atomic mass is 35.5.